The minimum absolute atomic E-state index is 0.0257. The average molecular weight is 430 g/mol. The van der Waals surface area contributed by atoms with Crippen molar-refractivity contribution in [1.29, 1.82) is 0 Å². The lowest BCUT2D eigenvalue weighted by Gasteiger charge is -2.17. The zero-order chi connectivity index (χ0) is 22.3. The van der Waals surface area contributed by atoms with E-state index in [0.29, 0.717) is 5.56 Å². The lowest BCUT2D eigenvalue weighted by atomic mass is 9.91. The van der Waals surface area contributed by atoms with Crippen molar-refractivity contribution in [2.45, 2.75) is 25.7 Å². The van der Waals surface area contributed by atoms with Crippen molar-refractivity contribution in [1.82, 2.24) is 0 Å². The van der Waals surface area contributed by atoms with Crippen LogP contribution < -0.4 is 4.74 Å². The molecule has 0 saturated heterocycles. The highest BCUT2D eigenvalue weighted by Crippen LogP contribution is 2.25. The quantitative estimate of drug-likeness (QED) is 0.237. The van der Waals surface area contributed by atoms with Crippen LogP contribution in [0, 0.1) is 11.7 Å². The molecule has 1 unspecified atom stereocenters. The third kappa shape index (κ3) is 6.27. The molecular weight excluding hydrogens is 411 g/mol. The number of rotatable bonds is 10. The molecule has 0 spiro atoms. The van der Waals surface area contributed by atoms with E-state index in [9.17, 15) is 31.5 Å². The van der Waals surface area contributed by atoms with E-state index < -0.39 is 42.4 Å². The Morgan fingerprint density at radius 1 is 1.07 bits per heavy atom. The molecule has 0 radical (unpaired) electrons. The predicted molar refractivity (Wildman–Crippen MR) is 97.4 cm³/mol. The van der Waals surface area contributed by atoms with Crippen LogP contribution in [0.5, 0.6) is 5.75 Å². The van der Waals surface area contributed by atoms with Crippen molar-refractivity contribution in [3.05, 3.63) is 65.5 Å². The standard InChI is InChI=1S/C21H19F5O4/c1-2-29-19(28)17(18(27)14-6-8-15(22)9-7-14)11-13-4-3-5-16(10-13)30-12-21(25,26)20(23)24/h3-10,17,20H,2,11-12H2,1H3. The molecule has 2 rings (SSSR count). The van der Waals surface area contributed by atoms with Gasteiger partial charge in [0, 0.05) is 5.56 Å². The van der Waals surface area contributed by atoms with Crippen molar-refractivity contribution < 1.29 is 41.0 Å². The van der Waals surface area contributed by atoms with Crippen LogP contribution in [0.4, 0.5) is 22.0 Å². The first-order chi connectivity index (χ1) is 14.1. The van der Waals surface area contributed by atoms with Gasteiger partial charge in [0.05, 0.1) is 6.61 Å². The minimum Gasteiger partial charge on any atom is -0.487 e. The van der Waals surface area contributed by atoms with E-state index in [1.807, 2.05) is 0 Å². The summed E-state index contributed by atoms with van der Waals surface area (Å²) in [4.78, 5) is 25.1. The first-order valence-electron chi connectivity index (χ1n) is 8.98. The average Bonchev–Trinajstić information content (AvgIpc) is 2.71. The molecule has 0 amide bonds. The van der Waals surface area contributed by atoms with Crippen molar-refractivity contribution in [3.63, 3.8) is 0 Å². The van der Waals surface area contributed by atoms with Gasteiger partial charge in [-0.25, -0.2) is 13.2 Å². The molecule has 2 aromatic rings. The molecule has 0 fully saturated rings. The normalized spacial score (nSPS) is 12.5. The van der Waals surface area contributed by atoms with Gasteiger partial charge in [0.25, 0.3) is 0 Å². The van der Waals surface area contributed by atoms with E-state index in [2.05, 4.69) is 0 Å². The molecule has 1 atom stereocenters. The highest BCUT2D eigenvalue weighted by atomic mass is 19.3. The molecule has 0 saturated carbocycles. The van der Waals surface area contributed by atoms with Crippen LogP contribution in [0.2, 0.25) is 0 Å². The molecule has 9 heteroatoms. The van der Waals surface area contributed by atoms with E-state index in [-0.39, 0.29) is 24.3 Å². The number of carbonyl (C=O) groups is 2. The zero-order valence-corrected chi connectivity index (χ0v) is 15.9. The molecular formula is C21H19F5O4. The van der Waals surface area contributed by atoms with Crippen molar-refractivity contribution in [2.75, 3.05) is 13.2 Å². The van der Waals surface area contributed by atoms with Gasteiger partial charge in [0.15, 0.2) is 12.4 Å². The molecule has 30 heavy (non-hydrogen) atoms. The van der Waals surface area contributed by atoms with E-state index in [1.54, 1.807) is 6.92 Å². The Balaban J connectivity index is 2.20. The Hall–Kier alpha value is -2.97. The second-order valence-electron chi connectivity index (χ2n) is 6.38. The Kier molecular flexibility index (Phi) is 7.91. The topological polar surface area (TPSA) is 52.6 Å². The maximum Gasteiger partial charge on any atom is 0.340 e. The molecule has 0 N–H and O–H groups in total. The Bertz CT molecular complexity index is 868. The summed E-state index contributed by atoms with van der Waals surface area (Å²) in [6.45, 7) is 0.0663. The highest BCUT2D eigenvalue weighted by molar-refractivity contribution is 6.08. The van der Waals surface area contributed by atoms with Crippen LogP contribution in [0.1, 0.15) is 22.8 Å². The van der Waals surface area contributed by atoms with E-state index >= 15 is 0 Å². The fourth-order valence-corrected chi connectivity index (χ4v) is 2.58. The summed E-state index contributed by atoms with van der Waals surface area (Å²) >= 11 is 0. The first kappa shape index (κ1) is 23.3. The lowest BCUT2D eigenvalue weighted by Crippen LogP contribution is -2.33. The number of esters is 1. The number of benzene rings is 2. The molecule has 0 aliphatic heterocycles. The molecule has 2 aromatic carbocycles. The summed E-state index contributed by atoms with van der Waals surface area (Å²) < 4.78 is 73.4. The predicted octanol–water partition coefficient (Wildman–Crippen LogP) is 4.71. The number of Topliss-reactive ketones (excluding diaryl/α,β-unsaturated/α-hetero) is 1. The number of ether oxygens (including phenoxy) is 2. The fraction of sp³-hybridized carbons (Fsp3) is 0.333. The molecule has 4 nitrogen and oxygen atoms in total. The van der Waals surface area contributed by atoms with Crippen LogP contribution in [0.15, 0.2) is 48.5 Å². The van der Waals surface area contributed by atoms with Gasteiger partial charge >= 0.3 is 18.3 Å². The van der Waals surface area contributed by atoms with Crippen molar-refractivity contribution in [2.24, 2.45) is 5.92 Å². The number of halogens is 5. The van der Waals surface area contributed by atoms with Gasteiger partial charge < -0.3 is 9.47 Å². The monoisotopic (exact) mass is 430 g/mol. The Morgan fingerprint density at radius 2 is 1.73 bits per heavy atom. The summed E-state index contributed by atoms with van der Waals surface area (Å²) in [5.41, 5.74) is 0.458. The van der Waals surface area contributed by atoms with Crippen molar-refractivity contribution in [3.8, 4) is 5.75 Å². The molecule has 0 aromatic heterocycles. The van der Waals surface area contributed by atoms with Crippen LogP contribution >= 0.6 is 0 Å². The van der Waals surface area contributed by atoms with Crippen LogP contribution in [-0.4, -0.2) is 37.3 Å². The van der Waals surface area contributed by atoms with Gasteiger partial charge in [-0.2, -0.15) is 8.78 Å². The summed E-state index contributed by atoms with van der Waals surface area (Å²) in [5, 5.41) is 0. The second kappa shape index (κ2) is 10.2. The summed E-state index contributed by atoms with van der Waals surface area (Å²) in [6.07, 6.45) is -4.03. The fourth-order valence-electron chi connectivity index (χ4n) is 2.58. The Labute approximate surface area is 169 Å². The number of hydrogen-bond acceptors (Lipinski definition) is 4. The number of carbonyl (C=O) groups excluding carboxylic acids is 2. The second-order valence-corrected chi connectivity index (χ2v) is 6.38. The van der Waals surface area contributed by atoms with E-state index in [4.69, 9.17) is 9.47 Å². The summed E-state index contributed by atoms with van der Waals surface area (Å²) in [5.74, 6) is -7.67. The number of ketones is 1. The van der Waals surface area contributed by atoms with Crippen LogP contribution in [0.25, 0.3) is 0 Å². The van der Waals surface area contributed by atoms with Gasteiger partial charge in [-0.3, -0.25) is 9.59 Å². The first-order valence-corrected chi connectivity index (χ1v) is 8.98. The SMILES string of the molecule is CCOC(=O)C(Cc1cccc(OCC(F)(F)C(F)F)c1)C(=O)c1ccc(F)cc1. The van der Waals surface area contributed by atoms with Crippen LogP contribution in [0.3, 0.4) is 0 Å². The maximum absolute atomic E-state index is 13.1. The van der Waals surface area contributed by atoms with Gasteiger partial charge in [-0.05, 0) is 55.3 Å². The van der Waals surface area contributed by atoms with Gasteiger partial charge in [0.1, 0.15) is 17.5 Å². The van der Waals surface area contributed by atoms with Gasteiger partial charge in [-0.1, -0.05) is 12.1 Å². The lowest BCUT2D eigenvalue weighted by molar-refractivity contribution is -0.148. The van der Waals surface area contributed by atoms with Crippen LogP contribution in [-0.2, 0) is 16.0 Å². The third-order valence-corrected chi connectivity index (χ3v) is 4.11. The Morgan fingerprint density at radius 3 is 2.33 bits per heavy atom. The molecule has 0 aliphatic rings. The molecule has 162 valence electrons. The van der Waals surface area contributed by atoms with E-state index in [0.717, 1.165) is 12.1 Å². The smallest absolute Gasteiger partial charge is 0.340 e. The zero-order valence-electron chi connectivity index (χ0n) is 15.9. The minimum atomic E-state index is -4.32. The van der Waals surface area contributed by atoms with Gasteiger partial charge in [-0.15, -0.1) is 0 Å². The highest BCUT2D eigenvalue weighted by Gasteiger charge is 2.41. The molecule has 0 aliphatic carbocycles. The molecule has 0 bridgehead atoms. The van der Waals surface area contributed by atoms with Crippen molar-refractivity contribution >= 4 is 11.8 Å². The summed E-state index contributed by atoms with van der Waals surface area (Å²) in [7, 11) is 0. The largest absolute Gasteiger partial charge is 0.487 e. The third-order valence-electron chi connectivity index (χ3n) is 4.11. The maximum atomic E-state index is 13.1. The number of alkyl halides is 4. The molecule has 0 heterocycles. The van der Waals surface area contributed by atoms with E-state index in [1.165, 1.54) is 36.4 Å². The summed E-state index contributed by atoms with van der Waals surface area (Å²) in [6, 6.07) is 10.1. The number of hydrogen-bond donors (Lipinski definition) is 0. The van der Waals surface area contributed by atoms with Gasteiger partial charge in [0.2, 0.25) is 0 Å².